The van der Waals surface area contributed by atoms with E-state index in [1.165, 1.54) is 0 Å². The number of ether oxygens (including phenoxy) is 1. The first-order valence-electron chi connectivity index (χ1n) is 9.59. The number of benzene rings is 2. The van der Waals surface area contributed by atoms with E-state index >= 15 is 0 Å². The van der Waals surface area contributed by atoms with Crippen LogP contribution in [-0.2, 0) is 4.74 Å². The van der Waals surface area contributed by atoms with Crippen LogP contribution in [0, 0.1) is 0 Å². The van der Waals surface area contributed by atoms with Gasteiger partial charge in [0.2, 0.25) is 0 Å². The minimum Gasteiger partial charge on any atom is -0.508 e. The molecule has 0 bridgehead atoms. The minimum absolute atomic E-state index is 0. The summed E-state index contributed by atoms with van der Waals surface area (Å²) >= 11 is 1.65. The predicted octanol–water partition coefficient (Wildman–Crippen LogP) is 3.20. The van der Waals surface area contributed by atoms with Gasteiger partial charge < -0.3 is 19.8 Å². The second-order valence-electron chi connectivity index (χ2n) is 6.85. The van der Waals surface area contributed by atoms with Gasteiger partial charge in [-0.25, -0.2) is 4.99 Å². The van der Waals surface area contributed by atoms with Crippen LogP contribution in [0.3, 0.4) is 0 Å². The van der Waals surface area contributed by atoms with Crippen LogP contribution >= 0.6 is 11.8 Å². The van der Waals surface area contributed by atoms with Gasteiger partial charge in [-0.1, -0.05) is 31.3 Å². The van der Waals surface area contributed by atoms with Gasteiger partial charge in [0.15, 0.2) is 0 Å². The summed E-state index contributed by atoms with van der Waals surface area (Å²) in [4.78, 5) is 11.9. The van der Waals surface area contributed by atoms with Crippen LogP contribution in [-0.4, -0.2) is 78.4 Å². The highest BCUT2D eigenvalue weighted by Crippen LogP contribution is 2.41. The first kappa shape index (κ1) is 21.6. The number of para-hydroxylation sites is 1. The normalized spacial score (nSPS) is 16.3. The molecule has 0 saturated carbocycles. The topological polar surface area (TPSA) is 68.5 Å². The van der Waals surface area contributed by atoms with Crippen LogP contribution in [0.2, 0.25) is 0 Å². The largest absolute Gasteiger partial charge is 0.508 e. The van der Waals surface area contributed by atoms with Crippen LogP contribution in [0.1, 0.15) is 13.0 Å². The standard InChI is InChI=1S/C21H25N3O3S.CH4/c25-12-14-27-13-11-23-7-9-24(10-8-23)21-17-6-5-16(26)15-20(17)28-19-4-2-1-3-18(19)22-21;/h1-6,15,25-26H,7-14H2;1H4. The zero-order chi connectivity index (χ0) is 19.3. The Balaban J connectivity index is 0.00000240. The number of aromatic hydroxyl groups is 1. The third kappa shape index (κ3) is 5.11. The molecule has 6 nitrogen and oxygen atoms in total. The number of phenols is 1. The molecular formula is C22H29N3O3S. The van der Waals surface area contributed by atoms with Gasteiger partial charge in [0.05, 0.1) is 25.5 Å². The third-order valence-electron chi connectivity index (χ3n) is 4.98. The average Bonchev–Trinajstić information content (AvgIpc) is 2.88. The fourth-order valence-electron chi connectivity index (χ4n) is 3.49. The van der Waals surface area contributed by atoms with E-state index in [-0.39, 0.29) is 19.8 Å². The summed E-state index contributed by atoms with van der Waals surface area (Å²) in [5.41, 5.74) is 2.04. The first-order chi connectivity index (χ1) is 13.7. The molecule has 2 aromatic carbocycles. The van der Waals surface area contributed by atoms with E-state index < -0.39 is 0 Å². The van der Waals surface area contributed by atoms with Crippen molar-refractivity contribution >= 4 is 23.3 Å². The maximum atomic E-state index is 9.98. The maximum absolute atomic E-state index is 9.98. The van der Waals surface area contributed by atoms with Crippen LogP contribution in [0.4, 0.5) is 5.69 Å². The number of hydrogen-bond acceptors (Lipinski definition) is 7. The molecule has 1 saturated heterocycles. The zero-order valence-corrected chi connectivity index (χ0v) is 16.6. The highest BCUT2D eigenvalue weighted by atomic mass is 32.2. The number of fused-ring (bicyclic) bond motifs is 2. The van der Waals surface area contributed by atoms with Gasteiger partial charge >= 0.3 is 0 Å². The summed E-state index contributed by atoms with van der Waals surface area (Å²) in [6.45, 7) is 5.68. The van der Waals surface area contributed by atoms with E-state index in [2.05, 4.69) is 15.9 Å². The lowest BCUT2D eigenvalue weighted by atomic mass is 10.1. The van der Waals surface area contributed by atoms with Gasteiger partial charge in [0.25, 0.3) is 0 Å². The third-order valence-corrected chi connectivity index (χ3v) is 6.10. The van der Waals surface area contributed by atoms with Crippen LogP contribution in [0.25, 0.3) is 0 Å². The SMILES string of the molecule is C.OCCOCCN1CCN(C2=Nc3ccccc3Sc3cc(O)ccc32)CC1. The summed E-state index contributed by atoms with van der Waals surface area (Å²) in [5.74, 6) is 1.25. The summed E-state index contributed by atoms with van der Waals surface area (Å²) in [6, 6.07) is 13.7. The van der Waals surface area contributed by atoms with Crippen molar-refractivity contribution in [1.82, 2.24) is 9.80 Å². The zero-order valence-electron chi connectivity index (χ0n) is 15.8. The van der Waals surface area contributed by atoms with Crippen LogP contribution < -0.4 is 0 Å². The quantitative estimate of drug-likeness (QED) is 0.731. The van der Waals surface area contributed by atoms with E-state index in [0.29, 0.717) is 13.2 Å². The lowest BCUT2D eigenvalue weighted by Crippen LogP contribution is -2.49. The maximum Gasteiger partial charge on any atom is 0.137 e. The Bertz CT molecular complexity index is 851. The number of rotatable bonds is 5. The molecule has 7 heteroatoms. The van der Waals surface area contributed by atoms with Gasteiger partial charge in [0, 0.05) is 48.1 Å². The summed E-state index contributed by atoms with van der Waals surface area (Å²) in [6.07, 6.45) is 0. The molecule has 2 heterocycles. The monoisotopic (exact) mass is 415 g/mol. The van der Waals surface area contributed by atoms with Crippen molar-refractivity contribution in [2.75, 3.05) is 52.5 Å². The Morgan fingerprint density at radius 3 is 2.59 bits per heavy atom. The number of aliphatic hydroxyl groups is 1. The van der Waals surface area contributed by atoms with E-state index in [0.717, 1.165) is 59.6 Å². The highest BCUT2D eigenvalue weighted by molar-refractivity contribution is 7.99. The van der Waals surface area contributed by atoms with Crippen LogP contribution in [0.5, 0.6) is 5.75 Å². The molecule has 0 spiro atoms. The minimum atomic E-state index is 0. The van der Waals surface area contributed by atoms with Crippen molar-refractivity contribution in [3.05, 3.63) is 48.0 Å². The van der Waals surface area contributed by atoms with Crippen molar-refractivity contribution in [3.63, 3.8) is 0 Å². The van der Waals surface area contributed by atoms with Crippen molar-refractivity contribution in [1.29, 1.82) is 0 Å². The number of aliphatic hydroxyl groups excluding tert-OH is 1. The fourth-order valence-corrected chi connectivity index (χ4v) is 4.54. The number of nitrogens with zero attached hydrogens (tertiary/aromatic N) is 3. The van der Waals surface area contributed by atoms with Gasteiger partial charge in [-0.3, -0.25) is 4.90 Å². The number of hydrogen-bond donors (Lipinski definition) is 2. The number of piperazine rings is 1. The molecule has 156 valence electrons. The van der Waals surface area contributed by atoms with Gasteiger partial charge in [0.1, 0.15) is 11.6 Å². The lowest BCUT2D eigenvalue weighted by molar-refractivity contribution is 0.0652. The smallest absolute Gasteiger partial charge is 0.137 e. The highest BCUT2D eigenvalue weighted by Gasteiger charge is 2.25. The van der Waals surface area contributed by atoms with Crippen molar-refractivity contribution in [3.8, 4) is 5.75 Å². The first-order valence-corrected chi connectivity index (χ1v) is 10.4. The fraction of sp³-hybridized carbons (Fsp3) is 0.409. The molecule has 29 heavy (non-hydrogen) atoms. The van der Waals surface area contributed by atoms with Crippen molar-refractivity contribution in [2.24, 2.45) is 4.99 Å². The molecular weight excluding hydrogens is 386 g/mol. The Labute approximate surface area is 176 Å². The molecule has 1 fully saturated rings. The van der Waals surface area contributed by atoms with E-state index in [9.17, 15) is 5.11 Å². The van der Waals surface area contributed by atoms with E-state index in [1.807, 2.05) is 30.3 Å². The Morgan fingerprint density at radius 1 is 1.00 bits per heavy atom. The van der Waals surface area contributed by atoms with E-state index in [1.54, 1.807) is 17.8 Å². The van der Waals surface area contributed by atoms with Gasteiger partial charge in [-0.05, 0) is 30.3 Å². The molecule has 0 atom stereocenters. The van der Waals surface area contributed by atoms with Crippen LogP contribution in [0.15, 0.2) is 57.2 Å². The molecule has 2 N–H and O–H groups in total. The molecule has 0 amide bonds. The van der Waals surface area contributed by atoms with Crippen molar-refractivity contribution in [2.45, 2.75) is 17.2 Å². The van der Waals surface area contributed by atoms with Gasteiger partial charge in [-0.2, -0.15) is 0 Å². The number of aliphatic imine (C=N–C) groups is 1. The van der Waals surface area contributed by atoms with Crippen molar-refractivity contribution < 1.29 is 14.9 Å². The Kier molecular flexibility index (Phi) is 7.55. The molecule has 2 aliphatic heterocycles. The molecule has 2 aliphatic rings. The summed E-state index contributed by atoms with van der Waals surface area (Å²) < 4.78 is 5.39. The second-order valence-corrected chi connectivity index (χ2v) is 7.93. The summed E-state index contributed by atoms with van der Waals surface area (Å²) in [5, 5.41) is 18.8. The Hall–Kier alpha value is -2.06. The second kappa shape index (κ2) is 10.1. The Morgan fingerprint density at radius 2 is 1.79 bits per heavy atom. The van der Waals surface area contributed by atoms with Gasteiger partial charge in [-0.15, -0.1) is 0 Å². The molecule has 0 unspecified atom stereocenters. The summed E-state index contributed by atoms with van der Waals surface area (Å²) in [7, 11) is 0. The molecule has 0 aromatic heterocycles. The molecule has 0 aliphatic carbocycles. The molecule has 0 radical (unpaired) electrons. The number of phenolic OH excluding ortho intramolecular Hbond substituents is 1. The lowest BCUT2D eigenvalue weighted by Gasteiger charge is -2.36. The van der Waals surface area contributed by atoms with E-state index in [4.69, 9.17) is 14.8 Å². The average molecular weight is 416 g/mol. The molecule has 4 rings (SSSR count). The predicted molar refractivity (Wildman–Crippen MR) is 118 cm³/mol. The molecule has 2 aromatic rings. The number of amidine groups is 1.